The number of fused-ring (bicyclic) bond motifs is 2. The molecular formula is C15H13BrN4O2. The van der Waals surface area contributed by atoms with Gasteiger partial charge in [0, 0.05) is 23.6 Å². The Morgan fingerprint density at radius 2 is 2.32 bits per heavy atom. The first-order valence-corrected chi connectivity index (χ1v) is 7.81. The summed E-state index contributed by atoms with van der Waals surface area (Å²) >= 11 is 3.40. The lowest BCUT2D eigenvalue weighted by molar-refractivity contribution is 0.0661. The third-order valence-electron chi connectivity index (χ3n) is 4.02. The minimum Gasteiger partial charge on any atom is -0.448 e. The van der Waals surface area contributed by atoms with Crippen LogP contribution in [0.4, 0.5) is 0 Å². The van der Waals surface area contributed by atoms with E-state index in [1.165, 1.54) is 6.39 Å². The molecular weight excluding hydrogens is 348 g/mol. The second-order valence-electron chi connectivity index (χ2n) is 5.33. The van der Waals surface area contributed by atoms with Crippen LogP contribution >= 0.6 is 15.9 Å². The molecule has 0 saturated carbocycles. The number of hydrogen-bond donors (Lipinski definition) is 0. The number of aromatic nitrogens is 3. The molecule has 3 aromatic heterocycles. The SMILES string of the molecule is CC1c2ncoc2CCN1C(=O)c1cc2ccc(Br)cn2n1. The Morgan fingerprint density at radius 3 is 3.18 bits per heavy atom. The molecule has 0 aromatic carbocycles. The summed E-state index contributed by atoms with van der Waals surface area (Å²) in [5.41, 5.74) is 2.17. The van der Waals surface area contributed by atoms with Gasteiger partial charge in [-0.15, -0.1) is 0 Å². The molecule has 0 saturated heterocycles. The van der Waals surface area contributed by atoms with Crippen LogP contribution in [-0.4, -0.2) is 31.9 Å². The van der Waals surface area contributed by atoms with E-state index in [9.17, 15) is 4.79 Å². The molecule has 1 amide bonds. The van der Waals surface area contributed by atoms with Gasteiger partial charge in [0.2, 0.25) is 0 Å². The molecule has 0 N–H and O–H groups in total. The molecule has 0 radical (unpaired) electrons. The average Bonchev–Trinajstić information content (AvgIpc) is 3.12. The lowest BCUT2D eigenvalue weighted by Gasteiger charge is -2.31. The lowest BCUT2D eigenvalue weighted by atomic mass is 10.0. The summed E-state index contributed by atoms with van der Waals surface area (Å²) in [7, 11) is 0. The van der Waals surface area contributed by atoms with Crippen LogP contribution in [-0.2, 0) is 6.42 Å². The van der Waals surface area contributed by atoms with E-state index < -0.39 is 0 Å². The van der Waals surface area contributed by atoms with E-state index in [4.69, 9.17) is 4.42 Å². The van der Waals surface area contributed by atoms with Gasteiger partial charge in [-0.3, -0.25) is 4.79 Å². The quantitative estimate of drug-likeness (QED) is 0.669. The highest BCUT2D eigenvalue weighted by Gasteiger charge is 2.32. The Balaban J connectivity index is 1.68. The zero-order valence-corrected chi connectivity index (χ0v) is 13.4. The Kier molecular flexibility index (Phi) is 3.04. The minimum absolute atomic E-state index is 0.0824. The summed E-state index contributed by atoms with van der Waals surface area (Å²) in [5.74, 6) is 0.788. The second-order valence-corrected chi connectivity index (χ2v) is 6.25. The van der Waals surface area contributed by atoms with Crippen molar-refractivity contribution < 1.29 is 9.21 Å². The fourth-order valence-corrected chi connectivity index (χ4v) is 3.19. The van der Waals surface area contributed by atoms with Crippen molar-refractivity contribution in [3.05, 3.63) is 52.4 Å². The number of nitrogens with zero attached hydrogens (tertiary/aromatic N) is 4. The molecule has 3 aromatic rings. The molecule has 0 fully saturated rings. The highest BCUT2D eigenvalue weighted by Crippen LogP contribution is 2.29. The molecule has 0 spiro atoms. The molecule has 4 rings (SSSR count). The standard InChI is InChI=1S/C15H13BrN4O2/c1-9-14-13(22-8-17-14)4-5-19(9)15(21)12-6-11-3-2-10(16)7-20(11)18-12/h2-3,6-9H,4-5H2,1H3. The number of carbonyl (C=O) groups is 1. The van der Waals surface area contributed by atoms with Crippen molar-refractivity contribution in [1.82, 2.24) is 19.5 Å². The minimum atomic E-state index is -0.105. The van der Waals surface area contributed by atoms with Crippen molar-refractivity contribution in [2.45, 2.75) is 19.4 Å². The van der Waals surface area contributed by atoms with Crippen LogP contribution in [0.2, 0.25) is 0 Å². The molecule has 0 aliphatic carbocycles. The van der Waals surface area contributed by atoms with Crippen LogP contribution in [0.3, 0.4) is 0 Å². The Morgan fingerprint density at radius 1 is 1.45 bits per heavy atom. The third kappa shape index (κ3) is 2.04. The summed E-state index contributed by atoms with van der Waals surface area (Å²) in [6, 6.07) is 5.55. The second kappa shape index (κ2) is 4.95. The number of oxazole rings is 1. The molecule has 6 nitrogen and oxygen atoms in total. The van der Waals surface area contributed by atoms with E-state index in [1.807, 2.05) is 25.3 Å². The first kappa shape index (κ1) is 13.5. The van der Waals surface area contributed by atoms with Gasteiger partial charge in [-0.1, -0.05) is 0 Å². The van der Waals surface area contributed by atoms with Crippen LogP contribution in [0.25, 0.3) is 5.52 Å². The van der Waals surface area contributed by atoms with Gasteiger partial charge in [-0.05, 0) is 41.1 Å². The highest BCUT2D eigenvalue weighted by molar-refractivity contribution is 9.10. The van der Waals surface area contributed by atoms with Crippen LogP contribution < -0.4 is 0 Å². The Bertz CT molecular complexity index is 869. The predicted octanol–water partition coefficient (Wildman–Crippen LogP) is 2.84. The Hall–Kier alpha value is -2.15. The summed E-state index contributed by atoms with van der Waals surface area (Å²) in [6.07, 6.45) is 3.96. The van der Waals surface area contributed by atoms with Crippen LogP contribution in [0.5, 0.6) is 0 Å². The summed E-state index contributed by atoms with van der Waals surface area (Å²) in [4.78, 5) is 18.8. The monoisotopic (exact) mass is 360 g/mol. The normalized spacial score (nSPS) is 17.7. The third-order valence-corrected chi connectivity index (χ3v) is 4.49. The molecule has 112 valence electrons. The molecule has 1 unspecified atom stereocenters. The van der Waals surface area contributed by atoms with Gasteiger partial charge < -0.3 is 9.32 Å². The maximum atomic E-state index is 12.8. The van der Waals surface area contributed by atoms with Gasteiger partial charge in [0.25, 0.3) is 5.91 Å². The van der Waals surface area contributed by atoms with Crippen molar-refractivity contribution >= 4 is 27.4 Å². The van der Waals surface area contributed by atoms with Crippen LogP contribution in [0.15, 0.2) is 39.7 Å². The van der Waals surface area contributed by atoms with E-state index in [1.54, 1.807) is 15.5 Å². The van der Waals surface area contributed by atoms with Gasteiger partial charge in [-0.2, -0.15) is 5.10 Å². The number of amides is 1. The zero-order valence-electron chi connectivity index (χ0n) is 11.9. The number of halogens is 1. The van der Waals surface area contributed by atoms with Crippen LogP contribution in [0, 0.1) is 0 Å². The van der Waals surface area contributed by atoms with E-state index in [0.717, 1.165) is 21.4 Å². The van der Waals surface area contributed by atoms with Gasteiger partial charge in [0.15, 0.2) is 12.1 Å². The molecule has 4 heterocycles. The first-order valence-electron chi connectivity index (χ1n) is 7.01. The maximum absolute atomic E-state index is 12.8. The molecule has 22 heavy (non-hydrogen) atoms. The zero-order chi connectivity index (χ0) is 15.3. The number of hydrogen-bond acceptors (Lipinski definition) is 4. The largest absolute Gasteiger partial charge is 0.448 e. The predicted molar refractivity (Wildman–Crippen MR) is 82.6 cm³/mol. The van der Waals surface area contributed by atoms with Crippen molar-refractivity contribution in [1.29, 1.82) is 0 Å². The molecule has 7 heteroatoms. The summed E-state index contributed by atoms with van der Waals surface area (Å²) in [6.45, 7) is 2.57. The highest BCUT2D eigenvalue weighted by atomic mass is 79.9. The number of carbonyl (C=O) groups excluding carboxylic acids is 1. The van der Waals surface area contributed by atoms with E-state index in [2.05, 4.69) is 26.0 Å². The summed E-state index contributed by atoms with van der Waals surface area (Å²) < 4.78 is 7.97. The smallest absolute Gasteiger partial charge is 0.274 e. The lowest BCUT2D eigenvalue weighted by Crippen LogP contribution is -2.39. The van der Waals surface area contributed by atoms with Gasteiger partial charge in [-0.25, -0.2) is 9.50 Å². The molecule has 0 bridgehead atoms. The van der Waals surface area contributed by atoms with Gasteiger partial charge >= 0.3 is 0 Å². The molecule has 1 atom stereocenters. The fourth-order valence-electron chi connectivity index (χ4n) is 2.86. The fraction of sp³-hybridized carbons (Fsp3) is 0.267. The molecule has 1 aliphatic rings. The van der Waals surface area contributed by atoms with Crippen molar-refractivity contribution in [2.75, 3.05) is 6.54 Å². The number of rotatable bonds is 1. The van der Waals surface area contributed by atoms with Crippen LogP contribution in [0.1, 0.15) is 34.9 Å². The maximum Gasteiger partial charge on any atom is 0.274 e. The van der Waals surface area contributed by atoms with E-state index in [0.29, 0.717) is 18.7 Å². The summed E-state index contributed by atoms with van der Waals surface area (Å²) in [5, 5.41) is 4.38. The average molecular weight is 361 g/mol. The van der Waals surface area contributed by atoms with E-state index in [-0.39, 0.29) is 11.9 Å². The first-order chi connectivity index (χ1) is 10.6. The van der Waals surface area contributed by atoms with Crippen molar-refractivity contribution in [2.24, 2.45) is 0 Å². The van der Waals surface area contributed by atoms with Gasteiger partial charge in [0.1, 0.15) is 11.5 Å². The van der Waals surface area contributed by atoms with Crippen molar-refractivity contribution in [3.8, 4) is 0 Å². The van der Waals surface area contributed by atoms with E-state index >= 15 is 0 Å². The molecule has 1 aliphatic heterocycles. The Labute approximate surface area is 134 Å². The number of pyridine rings is 1. The van der Waals surface area contributed by atoms with Gasteiger partial charge in [0.05, 0.1) is 11.6 Å². The topological polar surface area (TPSA) is 63.6 Å². The van der Waals surface area contributed by atoms with Crippen molar-refractivity contribution in [3.63, 3.8) is 0 Å².